The molecule has 4 aromatic carbocycles. The Morgan fingerprint density at radius 2 is 1.43 bits per heavy atom. The van der Waals surface area contributed by atoms with E-state index in [0.717, 1.165) is 47.6 Å². The Morgan fingerprint density at radius 1 is 0.755 bits per heavy atom. The molecule has 5 aromatic rings. The first-order valence-electron chi connectivity index (χ1n) is 17.2. The Labute approximate surface area is 304 Å². The summed E-state index contributed by atoms with van der Waals surface area (Å²) >= 11 is 0. The van der Waals surface area contributed by atoms with Crippen LogP contribution in [0.4, 0.5) is 22.0 Å². The topological polar surface area (TPSA) is 56.8 Å². The predicted molar refractivity (Wildman–Crippen MR) is 193 cm³/mol. The van der Waals surface area contributed by atoms with Gasteiger partial charge in [0.15, 0.2) is 11.6 Å². The van der Waals surface area contributed by atoms with E-state index in [4.69, 9.17) is 0 Å². The van der Waals surface area contributed by atoms with Crippen molar-refractivity contribution >= 4 is 17.9 Å². The molecule has 11 heteroatoms. The van der Waals surface area contributed by atoms with Crippen molar-refractivity contribution in [3.8, 4) is 11.3 Å². The van der Waals surface area contributed by atoms with Crippen molar-refractivity contribution < 1.29 is 31.5 Å². The zero-order chi connectivity index (χ0) is 37.4. The lowest BCUT2D eigenvalue weighted by atomic mass is 10.0. The summed E-state index contributed by atoms with van der Waals surface area (Å²) in [6.45, 7) is 2.66. The summed E-state index contributed by atoms with van der Waals surface area (Å²) in [7, 11) is 0. The molecule has 6 rings (SSSR count). The van der Waals surface area contributed by atoms with Crippen LogP contribution >= 0.6 is 0 Å². The average Bonchev–Trinajstić information content (AvgIpc) is 3.17. The van der Waals surface area contributed by atoms with Crippen LogP contribution < -0.4 is 0 Å². The molecule has 0 bridgehead atoms. The highest BCUT2D eigenvalue weighted by atomic mass is 19.4. The highest BCUT2D eigenvalue weighted by Crippen LogP contribution is 2.29. The van der Waals surface area contributed by atoms with Crippen LogP contribution in [0, 0.1) is 11.6 Å². The van der Waals surface area contributed by atoms with E-state index < -0.39 is 35.3 Å². The maximum Gasteiger partial charge on any atom is 0.416 e. The number of halogens is 5. The maximum atomic E-state index is 14.5. The molecule has 0 radical (unpaired) electrons. The first-order valence-corrected chi connectivity index (χ1v) is 17.2. The summed E-state index contributed by atoms with van der Waals surface area (Å²) < 4.78 is 67.9. The average molecular weight is 725 g/mol. The molecule has 1 aromatic heterocycles. The third-order valence-electron chi connectivity index (χ3n) is 9.21. The van der Waals surface area contributed by atoms with Crippen molar-refractivity contribution in [2.45, 2.75) is 31.7 Å². The van der Waals surface area contributed by atoms with Crippen LogP contribution in [-0.2, 0) is 35.3 Å². The van der Waals surface area contributed by atoms with E-state index in [0.29, 0.717) is 42.9 Å². The van der Waals surface area contributed by atoms with Crippen molar-refractivity contribution in [3.63, 3.8) is 0 Å². The zero-order valence-corrected chi connectivity index (χ0v) is 28.7. The summed E-state index contributed by atoms with van der Waals surface area (Å²) in [4.78, 5) is 38.4. The minimum Gasteiger partial charge on any atom is -0.338 e. The van der Waals surface area contributed by atoms with Gasteiger partial charge in [-0.2, -0.15) is 13.2 Å². The smallest absolute Gasteiger partial charge is 0.338 e. The number of carbonyl (C=O) groups excluding carboxylic acids is 2. The van der Waals surface area contributed by atoms with Crippen LogP contribution in [0.2, 0.25) is 0 Å². The third-order valence-corrected chi connectivity index (χ3v) is 9.21. The van der Waals surface area contributed by atoms with Gasteiger partial charge in [0.2, 0.25) is 11.8 Å². The molecule has 0 N–H and O–H groups in total. The number of rotatable bonds is 11. The molecule has 0 aliphatic carbocycles. The van der Waals surface area contributed by atoms with E-state index in [1.54, 1.807) is 11.1 Å². The lowest BCUT2D eigenvalue weighted by Crippen LogP contribution is -2.56. The van der Waals surface area contributed by atoms with Gasteiger partial charge in [-0.15, -0.1) is 0 Å². The van der Waals surface area contributed by atoms with Crippen LogP contribution in [0.5, 0.6) is 0 Å². The van der Waals surface area contributed by atoms with Crippen molar-refractivity contribution in [1.29, 1.82) is 0 Å². The van der Waals surface area contributed by atoms with E-state index >= 15 is 0 Å². The van der Waals surface area contributed by atoms with Crippen LogP contribution in [0.3, 0.4) is 0 Å². The molecule has 2 amide bonds. The number of hydrogen-bond acceptors (Lipinski definition) is 4. The molecule has 6 nitrogen and oxygen atoms in total. The summed E-state index contributed by atoms with van der Waals surface area (Å²) in [5, 5.41) is 0. The van der Waals surface area contributed by atoms with Crippen LogP contribution in [0.25, 0.3) is 17.3 Å². The monoisotopic (exact) mass is 724 g/mol. The van der Waals surface area contributed by atoms with Crippen molar-refractivity contribution in [2.24, 2.45) is 0 Å². The number of alkyl halides is 3. The first kappa shape index (κ1) is 37.1. The quantitative estimate of drug-likeness (QED) is 0.102. The van der Waals surface area contributed by atoms with Gasteiger partial charge in [-0.1, -0.05) is 78.9 Å². The Balaban J connectivity index is 1.30. The highest BCUT2D eigenvalue weighted by molar-refractivity contribution is 5.95. The summed E-state index contributed by atoms with van der Waals surface area (Å²) in [5.74, 6) is -3.04. The van der Waals surface area contributed by atoms with E-state index in [2.05, 4.69) is 9.88 Å². The molecule has 0 saturated carbocycles. The lowest BCUT2D eigenvalue weighted by Gasteiger charge is -2.39. The van der Waals surface area contributed by atoms with Gasteiger partial charge < -0.3 is 9.80 Å². The number of pyridine rings is 1. The van der Waals surface area contributed by atoms with Crippen LogP contribution in [-0.4, -0.2) is 63.7 Å². The summed E-state index contributed by atoms with van der Waals surface area (Å²) in [6.07, 6.45) is -0.328. The molecule has 2 heterocycles. The Morgan fingerprint density at radius 3 is 2.08 bits per heavy atom. The lowest BCUT2D eigenvalue weighted by molar-refractivity contribution is -0.145. The number of benzene rings is 4. The first-order chi connectivity index (χ1) is 25.5. The fourth-order valence-electron chi connectivity index (χ4n) is 6.30. The second-order valence-corrected chi connectivity index (χ2v) is 12.9. The van der Waals surface area contributed by atoms with Gasteiger partial charge in [0.1, 0.15) is 6.04 Å². The van der Waals surface area contributed by atoms with E-state index in [9.17, 15) is 31.5 Å². The maximum absolute atomic E-state index is 14.5. The Bertz CT molecular complexity index is 2010. The van der Waals surface area contributed by atoms with Crippen molar-refractivity contribution in [1.82, 2.24) is 19.7 Å². The van der Waals surface area contributed by atoms with Crippen LogP contribution in [0.1, 0.15) is 27.8 Å². The number of carbonyl (C=O) groups is 2. The molecule has 53 heavy (non-hydrogen) atoms. The Hall–Kier alpha value is -5.68. The standard InChI is InChI=1S/C42H37F5N4O2/c43-36-19-13-33(26-37(36)44)27-39(41(53)50-24-22-49(23-25-50)28-31-6-2-1-3-7-31)51(29-32-9-15-34(16-10-32)38-8-4-5-21-48-38)40(52)20-14-30-11-17-35(18-12-30)42(45,46)47/h1-21,26,39H,22-25,27-29H2/t39-/m0/s1. The van der Waals surface area contributed by atoms with Gasteiger partial charge in [-0.05, 0) is 64.7 Å². The van der Waals surface area contributed by atoms with E-state index in [-0.39, 0.29) is 18.9 Å². The van der Waals surface area contributed by atoms with Crippen molar-refractivity contribution in [2.75, 3.05) is 26.2 Å². The van der Waals surface area contributed by atoms with Gasteiger partial charge in [-0.3, -0.25) is 19.5 Å². The second-order valence-electron chi connectivity index (χ2n) is 12.9. The van der Waals surface area contributed by atoms with Crippen molar-refractivity contribution in [3.05, 3.63) is 167 Å². The van der Waals surface area contributed by atoms with Gasteiger partial charge in [0.05, 0.1) is 11.3 Å². The van der Waals surface area contributed by atoms with Gasteiger partial charge in [-0.25, -0.2) is 8.78 Å². The number of aromatic nitrogens is 1. The number of hydrogen-bond donors (Lipinski definition) is 0. The molecule has 0 spiro atoms. The SMILES string of the molecule is O=C([C@H](Cc1ccc(F)c(F)c1)N(Cc1ccc(-c2ccccn2)cc1)C(=O)C=Cc1ccc(C(F)(F)F)cc1)N1CCN(Cc2ccccc2)CC1. The van der Waals surface area contributed by atoms with E-state index in [1.807, 2.05) is 72.8 Å². The minimum atomic E-state index is -4.51. The fourth-order valence-corrected chi connectivity index (χ4v) is 6.30. The van der Waals surface area contributed by atoms with Gasteiger partial charge in [0.25, 0.3) is 0 Å². The van der Waals surface area contributed by atoms with Crippen LogP contribution in [0.15, 0.2) is 128 Å². The van der Waals surface area contributed by atoms with Gasteiger partial charge in [0, 0.05) is 63.5 Å². The largest absolute Gasteiger partial charge is 0.416 e. The predicted octanol–water partition coefficient (Wildman–Crippen LogP) is 8.04. The minimum absolute atomic E-state index is 0.0211. The number of amides is 2. The molecule has 1 aliphatic rings. The second kappa shape index (κ2) is 16.8. The van der Waals surface area contributed by atoms with Gasteiger partial charge >= 0.3 is 6.18 Å². The molecular formula is C42H37F5N4O2. The zero-order valence-electron chi connectivity index (χ0n) is 28.7. The molecular weight excluding hydrogens is 687 g/mol. The number of nitrogens with zero attached hydrogens (tertiary/aromatic N) is 4. The normalized spacial score (nSPS) is 14.3. The van der Waals surface area contributed by atoms with E-state index in [1.165, 1.54) is 35.3 Å². The summed E-state index contributed by atoms with van der Waals surface area (Å²) in [6, 6.07) is 29.5. The Kier molecular flexibility index (Phi) is 11.7. The molecule has 0 unspecified atom stereocenters. The molecule has 1 aliphatic heterocycles. The fraction of sp³-hybridized carbons (Fsp3) is 0.214. The molecule has 1 fully saturated rings. The molecule has 272 valence electrons. The molecule has 1 saturated heterocycles. The number of piperazine rings is 1. The molecule has 1 atom stereocenters. The third kappa shape index (κ3) is 9.81. The highest BCUT2D eigenvalue weighted by Gasteiger charge is 2.34. The summed E-state index contributed by atoms with van der Waals surface area (Å²) in [5.41, 5.74) is 3.29.